The second kappa shape index (κ2) is 5.22. The first-order valence-electron chi connectivity index (χ1n) is 5.77. The molecule has 0 amide bonds. The largest absolute Gasteiger partial charge is 0.466 e. The molecule has 2 rings (SSSR count). The molecule has 1 aliphatic carbocycles. The van der Waals surface area contributed by atoms with Gasteiger partial charge >= 0.3 is 5.97 Å². The molecule has 18 heavy (non-hydrogen) atoms. The highest BCUT2D eigenvalue weighted by atomic mass is 35.5. The highest BCUT2D eigenvalue weighted by Crippen LogP contribution is 2.55. The Balaban J connectivity index is 2.18. The first-order chi connectivity index (χ1) is 8.60. The molecule has 0 heterocycles. The lowest BCUT2D eigenvalue weighted by atomic mass is 10.1. The molecule has 3 atom stereocenters. The van der Waals surface area contributed by atoms with Crippen molar-refractivity contribution in [3.8, 4) is 0 Å². The van der Waals surface area contributed by atoms with Crippen molar-refractivity contribution in [1.29, 1.82) is 0 Å². The number of hydrogen-bond donors (Lipinski definition) is 0. The number of carbonyl (C=O) groups excluding carboxylic acids is 1. The van der Waals surface area contributed by atoms with Gasteiger partial charge in [0.05, 0.1) is 12.5 Å². The van der Waals surface area contributed by atoms with Gasteiger partial charge in [-0.05, 0) is 30.5 Å². The average Bonchev–Trinajstić information content (AvgIpc) is 3.07. The Morgan fingerprint density at radius 1 is 1.39 bits per heavy atom. The summed E-state index contributed by atoms with van der Waals surface area (Å²) in [5.41, 5.74) is 0.595. The van der Waals surface area contributed by atoms with Gasteiger partial charge in [-0.15, -0.1) is 11.6 Å². The fourth-order valence-electron chi connectivity index (χ4n) is 2.30. The predicted molar refractivity (Wildman–Crippen MR) is 63.4 cm³/mol. The zero-order chi connectivity index (χ0) is 13.3. The number of hydrogen-bond acceptors (Lipinski definition) is 2. The molecule has 1 saturated carbocycles. The minimum absolute atomic E-state index is 0.0597. The fraction of sp³-hybridized carbons (Fsp3) is 0.462. The third-order valence-electron chi connectivity index (χ3n) is 3.23. The van der Waals surface area contributed by atoms with E-state index in [4.69, 9.17) is 16.3 Å². The summed E-state index contributed by atoms with van der Waals surface area (Å²) in [4.78, 5) is 11.7. The van der Waals surface area contributed by atoms with Crippen LogP contribution in [0.1, 0.15) is 18.4 Å². The summed E-state index contributed by atoms with van der Waals surface area (Å²) in [6, 6.07) is 3.68. The molecule has 1 aliphatic rings. The maximum atomic E-state index is 13.2. The maximum absolute atomic E-state index is 13.2. The van der Waals surface area contributed by atoms with Crippen LogP contribution in [-0.2, 0) is 9.53 Å². The average molecular weight is 275 g/mol. The van der Waals surface area contributed by atoms with Crippen LogP contribution >= 0.6 is 11.6 Å². The van der Waals surface area contributed by atoms with E-state index >= 15 is 0 Å². The van der Waals surface area contributed by atoms with Gasteiger partial charge in [-0.3, -0.25) is 4.79 Å². The van der Waals surface area contributed by atoms with Crippen LogP contribution in [-0.4, -0.2) is 18.5 Å². The monoisotopic (exact) mass is 274 g/mol. The minimum Gasteiger partial charge on any atom is -0.466 e. The number of esters is 1. The number of ether oxygens (including phenoxy) is 1. The van der Waals surface area contributed by atoms with E-state index in [9.17, 15) is 13.6 Å². The van der Waals surface area contributed by atoms with Crippen molar-refractivity contribution in [2.75, 3.05) is 12.5 Å². The van der Waals surface area contributed by atoms with Crippen molar-refractivity contribution in [2.45, 2.75) is 12.8 Å². The molecule has 1 aromatic rings. The van der Waals surface area contributed by atoms with Crippen molar-refractivity contribution in [2.24, 2.45) is 11.8 Å². The molecule has 5 heteroatoms. The molecule has 0 unspecified atom stereocenters. The van der Waals surface area contributed by atoms with E-state index in [0.717, 1.165) is 12.1 Å². The Morgan fingerprint density at radius 2 is 2.11 bits per heavy atom. The minimum atomic E-state index is -0.907. The first-order valence-corrected chi connectivity index (χ1v) is 6.31. The van der Waals surface area contributed by atoms with Crippen molar-refractivity contribution >= 4 is 17.6 Å². The van der Waals surface area contributed by atoms with E-state index in [0.29, 0.717) is 18.1 Å². The van der Waals surface area contributed by atoms with Crippen LogP contribution in [0.2, 0.25) is 0 Å². The van der Waals surface area contributed by atoms with Crippen LogP contribution in [0.5, 0.6) is 0 Å². The zero-order valence-electron chi connectivity index (χ0n) is 9.83. The SMILES string of the molecule is CCOC(=O)[C@@H]1[C@H](CCl)[C@H]1c1ccc(F)c(F)c1. The Bertz CT molecular complexity index is 464. The number of rotatable bonds is 4. The molecule has 1 aromatic carbocycles. The summed E-state index contributed by atoms with van der Waals surface area (Å²) < 4.78 is 30.9. The first kappa shape index (κ1) is 13.3. The summed E-state index contributed by atoms with van der Waals surface area (Å²) in [6.07, 6.45) is 0. The summed E-state index contributed by atoms with van der Waals surface area (Å²) in [7, 11) is 0. The van der Waals surface area contributed by atoms with Crippen LogP contribution in [0.15, 0.2) is 18.2 Å². The summed E-state index contributed by atoms with van der Waals surface area (Å²) in [6.45, 7) is 2.03. The van der Waals surface area contributed by atoms with Gasteiger partial charge in [0, 0.05) is 11.8 Å². The highest BCUT2D eigenvalue weighted by molar-refractivity contribution is 6.18. The molecule has 1 fully saturated rings. The van der Waals surface area contributed by atoms with Crippen LogP contribution < -0.4 is 0 Å². The van der Waals surface area contributed by atoms with Gasteiger partial charge in [-0.25, -0.2) is 8.78 Å². The van der Waals surface area contributed by atoms with Gasteiger partial charge < -0.3 is 4.74 Å². The third kappa shape index (κ3) is 2.34. The van der Waals surface area contributed by atoms with Gasteiger partial charge in [-0.1, -0.05) is 6.07 Å². The highest BCUT2D eigenvalue weighted by Gasteiger charge is 2.55. The lowest BCUT2D eigenvalue weighted by Gasteiger charge is -2.02. The number of carbonyl (C=O) groups is 1. The van der Waals surface area contributed by atoms with Gasteiger partial charge in [0.25, 0.3) is 0 Å². The fourth-order valence-corrected chi connectivity index (χ4v) is 2.68. The molecule has 98 valence electrons. The second-order valence-corrected chi connectivity index (χ2v) is 4.60. The van der Waals surface area contributed by atoms with Crippen molar-refractivity contribution in [1.82, 2.24) is 0 Å². The quantitative estimate of drug-likeness (QED) is 0.623. The van der Waals surface area contributed by atoms with Gasteiger partial charge in [0.2, 0.25) is 0 Å². The predicted octanol–water partition coefficient (Wildman–Crippen LogP) is 3.10. The van der Waals surface area contributed by atoms with Crippen molar-refractivity contribution in [3.63, 3.8) is 0 Å². The topological polar surface area (TPSA) is 26.3 Å². The normalized spacial score (nSPS) is 25.9. The Hall–Kier alpha value is -1.16. The van der Waals surface area contributed by atoms with Crippen LogP contribution in [0.4, 0.5) is 8.78 Å². The lowest BCUT2D eigenvalue weighted by molar-refractivity contribution is -0.145. The van der Waals surface area contributed by atoms with E-state index in [2.05, 4.69) is 0 Å². The molecule has 2 nitrogen and oxygen atoms in total. The summed E-state index contributed by atoms with van der Waals surface area (Å²) in [5.74, 6) is -2.39. The molecule has 0 N–H and O–H groups in total. The number of alkyl halides is 1. The van der Waals surface area contributed by atoms with E-state index < -0.39 is 11.6 Å². The molecule has 0 radical (unpaired) electrons. The molecule has 0 aromatic heterocycles. The zero-order valence-corrected chi connectivity index (χ0v) is 10.6. The Morgan fingerprint density at radius 3 is 2.67 bits per heavy atom. The maximum Gasteiger partial charge on any atom is 0.309 e. The Labute approximate surface area is 109 Å². The summed E-state index contributed by atoms with van der Waals surface area (Å²) in [5, 5.41) is 0. The van der Waals surface area contributed by atoms with Gasteiger partial charge in [0.15, 0.2) is 11.6 Å². The van der Waals surface area contributed by atoms with Crippen molar-refractivity contribution < 1.29 is 18.3 Å². The molecule has 0 aliphatic heterocycles. The molecule has 0 bridgehead atoms. The van der Waals surface area contributed by atoms with E-state index in [1.54, 1.807) is 6.92 Å². The lowest BCUT2D eigenvalue weighted by Crippen LogP contribution is -2.08. The van der Waals surface area contributed by atoms with Crippen LogP contribution in [0.3, 0.4) is 0 Å². The van der Waals surface area contributed by atoms with Crippen molar-refractivity contribution in [3.05, 3.63) is 35.4 Å². The number of benzene rings is 1. The standard InChI is InChI=1S/C13H13ClF2O2/c1-2-18-13(17)12-8(6-14)11(12)7-3-4-9(15)10(16)5-7/h3-5,8,11-12H,2,6H2,1H3/t8-,11-,12-/m1/s1. The van der Waals surface area contributed by atoms with E-state index in [1.165, 1.54) is 6.07 Å². The van der Waals surface area contributed by atoms with Crippen LogP contribution in [0.25, 0.3) is 0 Å². The molecular weight excluding hydrogens is 262 g/mol. The Kier molecular flexibility index (Phi) is 3.85. The molecular formula is C13H13ClF2O2. The van der Waals surface area contributed by atoms with E-state index in [-0.39, 0.29) is 23.7 Å². The third-order valence-corrected chi connectivity index (χ3v) is 3.59. The van der Waals surface area contributed by atoms with E-state index in [1.807, 2.05) is 0 Å². The number of halogens is 3. The second-order valence-electron chi connectivity index (χ2n) is 4.30. The smallest absolute Gasteiger partial charge is 0.309 e. The molecule has 0 spiro atoms. The summed E-state index contributed by atoms with van der Waals surface area (Å²) >= 11 is 5.78. The van der Waals surface area contributed by atoms with Crippen LogP contribution in [0, 0.1) is 23.5 Å². The molecule has 0 saturated heterocycles. The van der Waals surface area contributed by atoms with Gasteiger partial charge in [-0.2, -0.15) is 0 Å². The van der Waals surface area contributed by atoms with Gasteiger partial charge in [0.1, 0.15) is 0 Å².